The second kappa shape index (κ2) is 8.92. The highest BCUT2D eigenvalue weighted by atomic mass is 19.4. The largest absolute Gasteiger partial charge is 0.389 e. The van der Waals surface area contributed by atoms with E-state index < -0.39 is 12.6 Å². The molecule has 1 aliphatic rings. The maximum atomic E-state index is 12.0. The van der Waals surface area contributed by atoms with Gasteiger partial charge in [-0.1, -0.05) is 24.3 Å². The predicted molar refractivity (Wildman–Crippen MR) is 89.5 cm³/mol. The van der Waals surface area contributed by atoms with Crippen molar-refractivity contribution in [2.45, 2.75) is 63.5 Å². The third-order valence-electron chi connectivity index (χ3n) is 4.86. The van der Waals surface area contributed by atoms with Crippen molar-refractivity contribution in [1.82, 2.24) is 0 Å². The van der Waals surface area contributed by atoms with E-state index in [9.17, 15) is 13.2 Å². The molecule has 24 heavy (non-hydrogen) atoms. The van der Waals surface area contributed by atoms with E-state index in [-0.39, 0.29) is 6.42 Å². The van der Waals surface area contributed by atoms with Crippen molar-refractivity contribution in [1.29, 1.82) is 5.26 Å². The molecule has 0 radical (unpaired) electrons. The Labute approximate surface area is 142 Å². The zero-order valence-electron chi connectivity index (χ0n) is 13.9. The van der Waals surface area contributed by atoms with Crippen LogP contribution < -0.4 is 0 Å². The molecule has 0 saturated heterocycles. The van der Waals surface area contributed by atoms with Gasteiger partial charge in [-0.25, -0.2) is 0 Å². The van der Waals surface area contributed by atoms with Gasteiger partial charge in [-0.3, -0.25) is 0 Å². The third-order valence-corrected chi connectivity index (χ3v) is 4.86. The lowest BCUT2D eigenvalue weighted by atomic mass is 9.77. The molecule has 0 atom stereocenters. The minimum atomic E-state index is -4.05. The third kappa shape index (κ3) is 6.39. The maximum absolute atomic E-state index is 12.0. The fourth-order valence-electron chi connectivity index (χ4n) is 3.43. The van der Waals surface area contributed by atoms with Gasteiger partial charge in [0, 0.05) is 6.42 Å². The highest BCUT2D eigenvalue weighted by molar-refractivity contribution is 5.33. The maximum Gasteiger partial charge on any atom is 0.389 e. The minimum Gasteiger partial charge on any atom is -0.192 e. The average Bonchev–Trinajstić information content (AvgIpc) is 2.58. The Morgan fingerprint density at radius 1 is 1.00 bits per heavy atom. The first-order valence-electron chi connectivity index (χ1n) is 8.70. The molecule has 0 N–H and O–H groups in total. The van der Waals surface area contributed by atoms with Gasteiger partial charge in [-0.05, 0) is 74.5 Å². The molecular weight excluding hydrogens is 311 g/mol. The van der Waals surface area contributed by atoms with Crippen molar-refractivity contribution in [3.05, 3.63) is 47.5 Å². The van der Waals surface area contributed by atoms with Gasteiger partial charge in [0.2, 0.25) is 0 Å². The molecule has 1 aromatic carbocycles. The quantitative estimate of drug-likeness (QED) is 0.544. The number of hydrogen-bond donors (Lipinski definition) is 0. The minimum absolute atomic E-state index is 0.0922. The molecule has 1 nitrogen and oxygen atoms in total. The summed E-state index contributed by atoms with van der Waals surface area (Å²) in [4.78, 5) is 0. The van der Waals surface area contributed by atoms with Crippen molar-refractivity contribution < 1.29 is 13.2 Å². The summed E-state index contributed by atoms with van der Waals surface area (Å²) in [6.45, 7) is 0. The Morgan fingerprint density at radius 2 is 1.62 bits per heavy atom. The lowest BCUT2D eigenvalue weighted by Crippen LogP contribution is -2.13. The van der Waals surface area contributed by atoms with Gasteiger partial charge in [0.25, 0.3) is 0 Å². The topological polar surface area (TPSA) is 23.8 Å². The summed E-state index contributed by atoms with van der Waals surface area (Å²) in [7, 11) is 0. The number of alkyl halides is 3. The van der Waals surface area contributed by atoms with Gasteiger partial charge >= 0.3 is 6.18 Å². The predicted octanol–water partition coefficient (Wildman–Crippen LogP) is 6.51. The summed E-state index contributed by atoms with van der Waals surface area (Å²) < 4.78 is 36.1. The van der Waals surface area contributed by atoms with E-state index in [2.05, 4.69) is 18.2 Å². The SMILES string of the molecule is N#Cc1ccc([C@H]2CC[C@H](CCC=CCCC(F)(F)F)CC2)cc1. The smallest absolute Gasteiger partial charge is 0.192 e. The summed E-state index contributed by atoms with van der Waals surface area (Å²) in [6, 6.07) is 10.0. The monoisotopic (exact) mass is 335 g/mol. The first kappa shape index (κ1) is 18.6. The van der Waals surface area contributed by atoms with E-state index in [0.717, 1.165) is 25.7 Å². The van der Waals surface area contributed by atoms with E-state index in [1.165, 1.54) is 18.4 Å². The number of hydrogen-bond acceptors (Lipinski definition) is 1. The fourth-order valence-corrected chi connectivity index (χ4v) is 3.43. The highest BCUT2D eigenvalue weighted by Gasteiger charge is 2.25. The number of allylic oxidation sites excluding steroid dienone is 2. The van der Waals surface area contributed by atoms with Gasteiger partial charge in [0.05, 0.1) is 11.6 Å². The Morgan fingerprint density at radius 3 is 2.21 bits per heavy atom. The molecule has 1 aromatic rings. The van der Waals surface area contributed by atoms with Crippen LogP contribution >= 0.6 is 0 Å². The molecule has 0 bridgehead atoms. The summed E-state index contributed by atoms with van der Waals surface area (Å²) in [6.07, 6.45) is 5.52. The first-order chi connectivity index (χ1) is 11.5. The summed E-state index contributed by atoms with van der Waals surface area (Å²) in [5.74, 6) is 1.27. The van der Waals surface area contributed by atoms with Crippen LogP contribution in [0.1, 0.15) is 68.4 Å². The Kier molecular flexibility index (Phi) is 6.90. The molecule has 4 heteroatoms. The van der Waals surface area contributed by atoms with Gasteiger partial charge in [0.15, 0.2) is 0 Å². The van der Waals surface area contributed by atoms with Crippen LogP contribution in [0.5, 0.6) is 0 Å². The average molecular weight is 335 g/mol. The lowest BCUT2D eigenvalue weighted by Gasteiger charge is -2.28. The van der Waals surface area contributed by atoms with Gasteiger partial charge in [-0.2, -0.15) is 18.4 Å². The van der Waals surface area contributed by atoms with Gasteiger partial charge in [0.1, 0.15) is 0 Å². The molecule has 0 spiro atoms. The molecule has 0 amide bonds. The van der Waals surface area contributed by atoms with Gasteiger partial charge in [-0.15, -0.1) is 0 Å². The molecule has 0 heterocycles. The molecule has 130 valence electrons. The van der Waals surface area contributed by atoms with Gasteiger partial charge < -0.3 is 0 Å². The zero-order chi connectivity index (χ0) is 17.4. The fraction of sp³-hybridized carbons (Fsp3) is 0.550. The molecule has 0 unspecified atom stereocenters. The standard InChI is InChI=1S/C20H24F3N/c21-20(22,23)14-4-2-1-3-5-16-6-10-18(11-7-16)19-12-8-17(15-24)9-13-19/h1-2,8-9,12-13,16,18H,3-7,10-11,14H2/t16-,18-. The van der Waals surface area contributed by atoms with Crippen molar-refractivity contribution >= 4 is 0 Å². The van der Waals surface area contributed by atoms with E-state index in [1.807, 2.05) is 18.2 Å². The molecule has 0 aromatic heterocycles. The van der Waals surface area contributed by atoms with Crippen LogP contribution in [0, 0.1) is 17.2 Å². The number of halogens is 3. The molecule has 1 aliphatic carbocycles. The second-order valence-electron chi connectivity index (χ2n) is 6.65. The van der Waals surface area contributed by atoms with E-state index in [1.54, 1.807) is 6.08 Å². The van der Waals surface area contributed by atoms with E-state index in [4.69, 9.17) is 5.26 Å². The van der Waals surface area contributed by atoms with Crippen LogP contribution in [0.2, 0.25) is 0 Å². The second-order valence-corrected chi connectivity index (χ2v) is 6.65. The van der Waals surface area contributed by atoms with Crippen molar-refractivity contribution in [3.63, 3.8) is 0 Å². The number of rotatable bonds is 6. The number of nitriles is 1. The number of benzene rings is 1. The zero-order valence-corrected chi connectivity index (χ0v) is 13.9. The normalized spacial score (nSPS) is 21.8. The molecule has 2 rings (SSSR count). The highest BCUT2D eigenvalue weighted by Crippen LogP contribution is 2.37. The summed E-state index contributed by atoms with van der Waals surface area (Å²) in [5, 5.41) is 8.84. The molecular formula is C20H24F3N. The Bertz CT molecular complexity index is 558. The van der Waals surface area contributed by atoms with Crippen molar-refractivity contribution in [2.24, 2.45) is 5.92 Å². The lowest BCUT2D eigenvalue weighted by molar-refractivity contribution is -0.133. The molecule has 1 saturated carbocycles. The van der Waals surface area contributed by atoms with Crippen LogP contribution in [-0.4, -0.2) is 6.18 Å². The number of nitrogens with zero attached hydrogens (tertiary/aromatic N) is 1. The van der Waals surface area contributed by atoms with Crippen LogP contribution in [0.4, 0.5) is 13.2 Å². The Hall–Kier alpha value is -1.76. The summed E-state index contributed by atoms with van der Waals surface area (Å²) >= 11 is 0. The van der Waals surface area contributed by atoms with E-state index >= 15 is 0 Å². The van der Waals surface area contributed by atoms with Crippen LogP contribution in [-0.2, 0) is 0 Å². The van der Waals surface area contributed by atoms with E-state index in [0.29, 0.717) is 17.4 Å². The molecule has 1 fully saturated rings. The molecule has 0 aliphatic heterocycles. The first-order valence-corrected chi connectivity index (χ1v) is 8.70. The van der Waals surface area contributed by atoms with Crippen LogP contribution in [0.15, 0.2) is 36.4 Å². The van der Waals surface area contributed by atoms with Crippen LogP contribution in [0.3, 0.4) is 0 Å². The van der Waals surface area contributed by atoms with Crippen molar-refractivity contribution in [2.75, 3.05) is 0 Å². The Balaban J connectivity index is 1.65. The summed E-state index contributed by atoms with van der Waals surface area (Å²) in [5.41, 5.74) is 2.02. The van der Waals surface area contributed by atoms with Crippen LogP contribution in [0.25, 0.3) is 0 Å². The van der Waals surface area contributed by atoms with Crippen molar-refractivity contribution in [3.8, 4) is 6.07 Å².